The summed E-state index contributed by atoms with van der Waals surface area (Å²) in [7, 11) is 2.08. The molecule has 37 heavy (non-hydrogen) atoms. The Morgan fingerprint density at radius 2 is 1.68 bits per heavy atom. The summed E-state index contributed by atoms with van der Waals surface area (Å²) in [6.45, 7) is 3.53. The molecule has 7 heteroatoms. The van der Waals surface area contributed by atoms with Crippen LogP contribution in [0.2, 0.25) is 0 Å². The van der Waals surface area contributed by atoms with Crippen LogP contribution in [0.4, 0.5) is 0 Å². The number of carbonyl (C=O) groups is 1. The van der Waals surface area contributed by atoms with Crippen molar-refractivity contribution in [1.82, 2.24) is 26.1 Å². The summed E-state index contributed by atoms with van der Waals surface area (Å²) in [4.78, 5) is 30.9. The van der Waals surface area contributed by atoms with Crippen LogP contribution in [0.25, 0.3) is 0 Å². The van der Waals surface area contributed by atoms with E-state index in [1.54, 1.807) is 6.07 Å². The molecule has 2 heterocycles. The number of pyridine rings is 1. The lowest BCUT2D eigenvalue weighted by molar-refractivity contribution is -0.0347. The highest BCUT2D eigenvalue weighted by atomic mass is 16.2. The Kier molecular flexibility index (Phi) is 6.95. The van der Waals surface area contributed by atoms with Gasteiger partial charge in [-0.25, -0.2) is 5.43 Å². The Labute approximate surface area is 219 Å². The summed E-state index contributed by atoms with van der Waals surface area (Å²) in [6.07, 6.45) is 7.80. The van der Waals surface area contributed by atoms with E-state index in [9.17, 15) is 9.59 Å². The van der Waals surface area contributed by atoms with E-state index in [1.165, 1.54) is 37.7 Å². The van der Waals surface area contributed by atoms with Crippen molar-refractivity contribution in [1.29, 1.82) is 0 Å². The van der Waals surface area contributed by atoms with Crippen molar-refractivity contribution >= 4 is 5.91 Å². The van der Waals surface area contributed by atoms with Crippen LogP contribution in [0.5, 0.6) is 0 Å². The molecule has 7 nitrogen and oxygen atoms in total. The first kappa shape index (κ1) is 24.8. The molecule has 7 rings (SSSR count). The molecule has 4 aliphatic carbocycles. The molecular formula is C30H41N5O2. The number of rotatable bonds is 8. The van der Waals surface area contributed by atoms with Crippen LogP contribution in [0.15, 0.2) is 47.3 Å². The number of nitrogens with one attached hydrogen (secondary N) is 4. The maximum absolute atomic E-state index is 12.9. The quantitative estimate of drug-likeness (QED) is 0.442. The van der Waals surface area contributed by atoms with Gasteiger partial charge in [0.15, 0.2) is 0 Å². The van der Waals surface area contributed by atoms with Crippen LogP contribution < -0.4 is 21.7 Å². The zero-order chi connectivity index (χ0) is 25.5. The first-order valence-electron chi connectivity index (χ1n) is 14.2. The number of hydrogen-bond donors (Lipinski definition) is 4. The number of benzene rings is 1. The second kappa shape index (κ2) is 10.4. The molecule has 4 N–H and O–H groups in total. The molecule has 3 atom stereocenters. The number of hydrazine groups is 1. The van der Waals surface area contributed by atoms with Crippen molar-refractivity contribution in [3.8, 4) is 0 Å². The van der Waals surface area contributed by atoms with Crippen LogP contribution in [0.1, 0.15) is 73.1 Å². The minimum Gasteiger partial charge on any atom is -0.352 e. The average Bonchev–Trinajstić information content (AvgIpc) is 3.38. The second-order valence-corrected chi connectivity index (χ2v) is 12.3. The number of aromatic nitrogens is 1. The number of nitrogens with zero attached hydrogens (tertiary/aromatic N) is 1. The molecule has 3 unspecified atom stereocenters. The van der Waals surface area contributed by atoms with Gasteiger partial charge in [0, 0.05) is 36.9 Å². The molecule has 4 saturated carbocycles. The van der Waals surface area contributed by atoms with Gasteiger partial charge >= 0.3 is 0 Å². The van der Waals surface area contributed by atoms with E-state index in [4.69, 9.17) is 0 Å². The third kappa shape index (κ3) is 5.14. The smallest absolute Gasteiger partial charge is 0.261 e. The summed E-state index contributed by atoms with van der Waals surface area (Å²) in [6, 6.07) is 14.9. The minimum absolute atomic E-state index is 0.218. The van der Waals surface area contributed by atoms with Gasteiger partial charge in [0.05, 0.1) is 0 Å². The second-order valence-electron chi connectivity index (χ2n) is 12.3. The maximum atomic E-state index is 12.9. The molecule has 0 spiro atoms. The van der Waals surface area contributed by atoms with E-state index in [0.717, 1.165) is 35.8 Å². The fourth-order valence-corrected chi connectivity index (χ4v) is 7.98. The number of likely N-dealkylation sites (N-methyl/N-ethyl adjacent to an activating group) is 1. The molecule has 1 amide bonds. The summed E-state index contributed by atoms with van der Waals surface area (Å²) >= 11 is 0. The fraction of sp³-hybridized carbons (Fsp3) is 0.600. The zero-order valence-electron chi connectivity index (χ0n) is 22.1. The van der Waals surface area contributed by atoms with Crippen molar-refractivity contribution in [3.63, 3.8) is 0 Å². The molecule has 2 aromatic rings. The lowest BCUT2D eigenvalue weighted by Gasteiger charge is -2.54. The van der Waals surface area contributed by atoms with Gasteiger partial charge in [0.25, 0.3) is 11.5 Å². The molecule has 1 aromatic carbocycles. The van der Waals surface area contributed by atoms with E-state index in [2.05, 4.69) is 64.3 Å². The Morgan fingerprint density at radius 1 is 0.973 bits per heavy atom. The average molecular weight is 504 g/mol. The van der Waals surface area contributed by atoms with E-state index in [1.807, 2.05) is 12.1 Å². The third-order valence-electron chi connectivity index (χ3n) is 9.97. The van der Waals surface area contributed by atoms with E-state index in [-0.39, 0.29) is 29.1 Å². The predicted molar refractivity (Wildman–Crippen MR) is 145 cm³/mol. The summed E-state index contributed by atoms with van der Waals surface area (Å²) in [5.74, 6) is 3.74. The number of carbonyl (C=O) groups excluding carboxylic acids is 1. The summed E-state index contributed by atoms with van der Waals surface area (Å²) < 4.78 is 0. The topological polar surface area (TPSA) is 89.3 Å². The molecule has 5 aliphatic rings. The van der Waals surface area contributed by atoms with Crippen LogP contribution in [0.3, 0.4) is 0 Å². The first-order chi connectivity index (χ1) is 17.9. The molecule has 0 radical (unpaired) electrons. The lowest BCUT2D eigenvalue weighted by Crippen LogP contribution is -2.49. The van der Waals surface area contributed by atoms with Crippen LogP contribution in [-0.4, -0.2) is 41.5 Å². The number of amides is 1. The Hall–Kier alpha value is -2.48. The van der Waals surface area contributed by atoms with Crippen molar-refractivity contribution in [2.75, 3.05) is 13.6 Å². The maximum Gasteiger partial charge on any atom is 0.261 e. The van der Waals surface area contributed by atoms with Gasteiger partial charge in [-0.1, -0.05) is 30.3 Å². The highest BCUT2D eigenvalue weighted by molar-refractivity contribution is 5.93. The van der Waals surface area contributed by atoms with E-state index in [0.29, 0.717) is 25.0 Å². The molecule has 1 aromatic heterocycles. The zero-order valence-corrected chi connectivity index (χ0v) is 22.1. The molecule has 1 aliphatic heterocycles. The SMILES string of the molecule is CC(C1CC(c2ccccc2)NN1)N(C)Cc1ccc(C(=O)NCC2C3CC4CC(C3)CC2C4)c(=O)[nH]1. The largest absolute Gasteiger partial charge is 0.352 e. The normalized spacial score (nSPS) is 33.1. The highest BCUT2D eigenvalue weighted by Gasteiger charge is 2.48. The Morgan fingerprint density at radius 3 is 2.35 bits per heavy atom. The monoisotopic (exact) mass is 503 g/mol. The summed E-state index contributed by atoms with van der Waals surface area (Å²) in [5.41, 5.74) is 8.90. The van der Waals surface area contributed by atoms with Gasteiger partial charge in [-0.05, 0) is 99.8 Å². The lowest BCUT2D eigenvalue weighted by atomic mass is 9.52. The van der Waals surface area contributed by atoms with Gasteiger partial charge in [-0.3, -0.25) is 19.9 Å². The minimum atomic E-state index is -0.300. The van der Waals surface area contributed by atoms with E-state index >= 15 is 0 Å². The van der Waals surface area contributed by atoms with Crippen molar-refractivity contribution < 1.29 is 4.79 Å². The van der Waals surface area contributed by atoms with Gasteiger partial charge < -0.3 is 10.3 Å². The van der Waals surface area contributed by atoms with Crippen molar-refractivity contribution in [2.45, 2.75) is 70.1 Å². The van der Waals surface area contributed by atoms with Crippen LogP contribution in [0, 0.1) is 29.6 Å². The van der Waals surface area contributed by atoms with Gasteiger partial charge in [0.2, 0.25) is 0 Å². The number of aromatic amines is 1. The van der Waals surface area contributed by atoms with Crippen LogP contribution in [-0.2, 0) is 6.54 Å². The van der Waals surface area contributed by atoms with Crippen molar-refractivity contribution in [3.05, 3.63) is 69.6 Å². The van der Waals surface area contributed by atoms with Crippen LogP contribution >= 0.6 is 0 Å². The molecule has 1 saturated heterocycles. The van der Waals surface area contributed by atoms with Gasteiger partial charge in [-0.15, -0.1) is 0 Å². The molecular weight excluding hydrogens is 462 g/mol. The first-order valence-corrected chi connectivity index (χ1v) is 14.2. The van der Waals surface area contributed by atoms with Gasteiger partial charge in [0.1, 0.15) is 5.56 Å². The molecule has 5 fully saturated rings. The standard InChI is InChI=1S/C30H41N5O2/c1-18(27-15-28(34-33-27)21-6-4-3-5-7-21)35(2)17-24-8-9-25(30(37)32-24)29(36)31-16-26-22-11-19-10-20(13-22)14-23(26)12-19/h3-9,18-20,22-23,26-28,33-34H,10-17H2,1-2H3,(H,31,36)(H,32,37). The highest BCUT2D eigenvalue weighted by Crippen LogP contribution is 2.56. The molecule has 4 bridgehead atoms. The summed E-state index contributed by atoms with van der Waals surface area (Å²) in [5, 5.41) is 3.12. The van der Waals surface area contributed by atoms with E-state index < -0.39 is 0 Å². The predicted octanol–water partition coefficient (Wildman–Crippen LogP) is 3.61. The van der Waals surface area contributed by atoms with Gasteiger partial charge in [-0.2, -0.15) is 0 Å². The fourth-order valence-electron chi connectivity index (χ4n) is 7.98. The Bertz CT molecular complexity index is 1140. The molecule has 198 valence electrons. The number of H-pyrrole nitrogens is 1. The number of hydrogen-bond acceptors (Lipinski definition) is 5. The van der Waals surface area contributed by atoms with Crippen molar-refractivity contribution in [2.24, 2.45) is 29.6 Å². The third-order valence-corrected chi connectivity index (χ3v) is 9.97. The Balaban J connectivity index is 1.02.